The number of nitrogens with one attached hydrogen (secondary N) is 1. The first kappa shape index (κ1) is 8.24. The summed E-state index contributed by atoms with van der Waals surface area (Å²) in [7, 11) is 0. The predicted molar refractivity (Wildman–Crippen MR) is 52.0 cm³/mol. The van der Waals surface area contributed by atoms with Crippen LogP contribution in [0, 0.1) is 5.82 Å². The van der Waals surface area contributed by atoms with Crippen molar-refractivity contribution in [1.29, 1.82) is 0 Å². The van der Waals surface area contributed by atoms with Gasteiger partial charge in [-0.15, -0.1) is 0 Å². The molecule has 2 aliphatic heterocycles. The van der Waals surface area contributed by atoms with E-state index < -0.39 is 0 Å². The molecule has 14 heavy (non-hydrogen) atoms. The summed E-state index contributed by atoms with van der Waals surface area (Å²) in [6.07, 6.45) is 0.996. The maximum atomic E-state index is 13.4. The molecule has 2 heterocycles. The molecule has 2 nitrogen and oxygen atoms in total. The molecule has 0 radical (unpaired) electrons. The topological polar surface area (TPSA) is 21.3 Å². The summed E-state index contributed by atoms with van der Waals surface area (Å²) < 4.78 is 18.8. The fourth-order valence-electron chi connectivity index (χ4n) is 2.46. The zero-order valence-electron chi connectivity index (χ0n) is 7.85. The van der Waals surface area contributed by atoms with E-state index in [0.717, 1.165) is 31.7 Å². The van der Waals surface area contributed by atoms with E-state index >= 15 is 0 Å². The smallest absolute Gasteiger partial charge is 0.146 e. The van der Waals surface area contributed by atoms with Crippen LogP contribution in [0.2, 0.25) is 0 Å². The molecular weight excluding hydrogens is 181 g/mol. The number of anilines is 1. The van der Waals surface area contributed by atoms with Crippen LogP contribution >= 0.6 is 0 Å². The second-order valence-corrected chi connectivity index (χ2v) is 4.10. The summed E-state index contributed by atoms with van der Waals surface area (Å²) in [5.74, 6) is -0.147. The Hall–Kier alpha value is -1.09. The minimum atomic E-state index is -0.147. The third-order valence-electron chi connectivity index (χ3n) is 3.29. The van der Waals surface area contributed by atoms with Gasteiger partial charge >= 0.3 is 0 Å². The fourth-order valence-corrected chi connectivity index (χ4v) is 2.46. The molecule has 0 bridgehead atoms. The first-order valence-corrected chi connectivity index (χ1v) is 4.92. The maximum absolute atomic E-state index is 13.4. The SMILES string of the molecule is Fc1cccc2c1NCC21CCOC1. The molecule has 1 N–H and O–H groups in total. The van der Waals surface area contributed by atoms with E-state index in [2.05, 4.69) is 5.32 Å². The van der Waals surface area contributed by atoms with E-state index in [1.807, 2.05) is 6.07 Å². The van der Waals surface area contributed by atoms with Crippen molar-refractivity contribution in [1.82, 2.24) is 0 Å². The lowest BCUT2D eigenvalue weighted by Crippen LogP contribution is -2.28. The number of benzene rings is 1. The number of fused-ring (bicyclic) bond motifs is 2. The van der Waals surface area contributed by atoms with Crippen LogP contribution < -0.4 is 5.32 Å². The van der Waals surface area contributed by atoms with Crippen molar-refractivity contribution in [3.05, 3.63) is 29.6 Å². The normalized spacial score (nSPS) is 29.2. The summed E-state index contributed by atoms with van der Waals surface area (Å²) in [6, 6.07) is 5.29. The van der Waals surface area contributed by atoms with Crippen molar-refractivity contribution in [3.63, 3.8) is 0 Å². The van der Waals surface area contributed by atoms with Crippen molar-refractivity contribution in [3.8, 4) is 0 Å². The number of hydrogen-bond acceptors (Lipinski definition) is 2. The van der Waals surface area contributed by atoms with Crippen LogP contribution in [0.4, 0.5) is 10.1 Å². The standard InChI is InChI=1S/C11H12FNO/c12-9-3-1-2-8-10(9)13-6-11(8)4-5-14-7-11/h1-3,13H,4-7H2. The van der Waals surface area contributed by atoms with Crippen LogP contribution in [0.5, 0.6) is 0 Å². The van der Waals surface area contributed by atoms with Gasteiger partial charge in [-0.1, -0.05) is 12.1 Å². The summed E-state index contributed by atoms with van der Waals surface area (Å²) in [5.41, 5.74) is 1.81. The average Bonchev–Trinajstić information content (AvgIpc) is 2.78. The first-order chi connectivity index (χ1) is 6.82. The molecule has 0 aliphatic carbocycles. The Morgan fingerprint density at radius 2 is 2.36 bits per heavy atom. The zero-order chi connectivity index (χ0) is 9.60. The van der Waals surface area contributed by atoms with Crippen LogP contribution in [-0.2, 0) is 10.2 Å². The highest BCUT2D eigenvalue weighted by atomic mass is 19.1. The number of hydrogen-bond donors (Lipinski definition) is 1. The average molecular weight is 193 g/mol. The highest BCUT2D eigenvalue weighted by Crippen LogP contribution is 2.43. The Kier molecular flexibility index (Phi) is 1.59. The first-order valence-electron chi connectivity index (χ1n) is 4.92. The predicted octanol–water partition coefficient (Wildman–Crippen LogP) is 1.91. The van der Waals surface area contributed by atoms with Gasteiger partial charge in [-0.25, -0.2) is 4.39 Å². The Labute approximate surface area is 82.1 Å². The lowest BCUT2D eigenvalue weighted by molar-refractivity contribution is 0.181. The van der Waals surface area contributed by atoms with Crippen LogP contribution in [-0.4, -0.2) is 19.8 Å². The fraction of sp³-hybridized carbons (Fsp3) is 0.455. The van der Waals surface area contributed by atoms with Crippen molar-refractivity contribution in [2.24, 2.45) is 0 Å². The second kappa shape index (κ2) is 2.70. The van der Waals surface area contributed by atoms with E-state index in [9.17, 15) is 4.39 Å². The third-order valence-corrected chi connectivity index (χ3v) is 3.29. The zero-order valence-corrected chi connectivity index (χ0v) is 7.85. The minimum Gasteiger partial charge on any atom is -0.381 e. The Bertz CT molecular complexity index is 372. The van der Waals surface area contributed by atoms with Gasteiger partial charge < -0.3 is 10.1 Å². The van der Waals surface area contributed by atoms with Crippen LogP contribution in [0.15, 0.2) is 18.2 Å². The van der Waals surface area contributed by atoms with Gasteiger partial charge in [-0.3, -0.25) is 0 Å². The maximum Gasteiger partial charge on any atom is 0.146 e. The van der Waals surface area contributed by atoms with Crippen molar-refractivity contribution < 1.29 is 9.13 Å². The molecule has 1 atom stereocenters. The molecule has 2 aliphatic rings. The second-order valence-electron chi connectivity index (χ2n) is 4.10. The molecule has 1 unspecified atom stereocenters. The van der Waals surface area contributed by atoms with Gasteiger partial charge in [0.1, 0.15) is 5.82 Å². The molecule has 0 aromatic heterocycles. The summed E-state index contributed by atoms with van der Waals surface area (Å²) >= 11 is 0. The Balaban J connectivity index is 2.14. The van der Waals surface area contributed by atoms with Gasteiger partial charge in [0.05, 0.1) is 12.3 Å². The molecule has 1 saturated heterocycles. The minimum absolute atomic E-state index is 0.0391. The lowest BCUT2D eigenvalue weighted by Gasteiger charge is -2.20. The quantitative estimate of drug-likeness (QED) is 0.679. The molecular formula is C11H12FNO. The lowest BCUT2D eigenvalue weighted by atomic mass is 9.82. The van der Waals surface area contributed by atoms with Gasteiger partial charge in [0.15, 0.2) is 0 Å². The molecule has 3 rings (SSSR count). The van der Waals surface area contributed by atoms with Gasteiger partial charge in [0.2, 0.25) is 0 Å². The highest BCUT2D eigenvalue weighted by molar-refractivity contribution is 5.61. The largest absolute Gasteiger partial charge is 0.381 e. The summed E-state index contributed by atoms with van der Waals surface area (Å²) in [4.78, 5) is 0. The summed E-state index contributed by atoms with van der Waals surface area (Å²) in [5, 5.41) is 3.15. The van der Waals surface area contributed by atoms with Gasteiger partial charge in [-0.05, 0) is 18.1 Å². The highest BCUT2D eigenvalue weighted by Gasteiger charge is 2.42. The van der Waals surface area contributed by atoms with Crippen LogP contribution in [0.3, 0.4) is 0 Å². The third kappa shape index (κ3) is 0.932. The Morgan fingerprint density at radius 3 is 3.14 bits per heavy atom. The number of rotatable bonds is 0. The van der Waals surface area contributed by atoms with Gasteiger partial charge in [0.25, 0.3) is 0 Å². The number of ether oxygens (including phenoxy) is 1. The molecule has 1 aromatic rings. The Morgan fingerprint density at radius 1 is 1.43 bits per heavy atom. The monoisotopic (exact) mass is 193 g/mol. The van der Waals surface area contributed by atoms with Gasteiger partial charge in [-0.2, -0.15) is 0 Å². The molecule has 0 saturated carbocycles. The number of halogens is 1. The van der Waals surface area contributed by atoms with Gasteiger partial charge in [0, 0.05) is 18.6 Å². The molecule has 1 fully saturated rings. The molecule has 3 heteroatoms. The van der Waals surface area contributed by atoms with Crippen LogP contribution in [0.1, 0.15) is 12.0 Å². The molecule has 0 amide bonds. The number of para-hydroxylation sites is 1. The molecule has 1 aromatic carbocycles. The van der Waals surface area contributed by atoms with Crippen molar-refractivity contribution in [2.75, 3.05) is 25.1 Å². The van der Waals surface area contributed by atoms with E-state index in [0.29, 0.717) is 5.69 Å². The van der Waals surface area contributed by atoms with E-state index in [4.69, 9.17) is 4.74 Å². The van der Waals surface area contributed by atoms with Crippen molar-refractivity contribution >= 4 is 5.69 Å². The summed E-state index contributed by atoms with van der Waals surface area (Å²) in [6.45, 7) is 2.32. The van der Waals surface area contributed by atoms with Crippen LogP contribution in [0.25, 0.3) is 0 Å². The molecule has 1 spiro atoms. The van der Waals surface area contributed by atoms with E-state index in [1.54, 1.807) is 6.07 Å². The van der Waals surface area contributed by atoms with E-state index in [-0.39, 0.29) is 11.2 Å². The molecule has 74 valence electrons. The van der Waals surface area contributed by atoms with E-state index in [1.165, 1.54) is 6.07 Å². The van der Waals surface area contributed by atoms with Crippen molar-refractivity contribution in [2.45, 2.75) is 11.8 Å².